The van der Waals surface area contributed by atoms with E-state index in [-0.39, 0.29) is 17.7 Å². The molecule has 160 valence electrons. The standard InChI is InChI=1S/C21H32N4O4/c1-14(12-28-20(26)22-21(2,3)4)25(5)11-19-17-10-15(6-7-18(17)23-24-19)29-16-8-9-27-13-16/h6-7,10,14,16H,8-9,11-13H2,1-5H3,(H,22,26)(H,23,24). The molecule has 2 aromatic rings. The first-order valence-corrected chi connectivity index (χ1v) is 10.1. The lowest BCUT2D eigenvalue weighted by Gasteiger charge is -2.25. The zero-order valence-electron chi connectivity index (χ0n) is 17.9. The van der Waals surface area contributed by atoms with E-state index in [1.165, 1.54) is 0 Å². The van der Waals surface area contributed by atoms with E-state index in [0.29, 0.717) is 19.8 Å². The molecule has 0 bridgehead atoms. The first-order valence-electron chi connectivity index (χ1n) is 10.1. The Labute approximate surface area is 171 Å². The Morgan fingerprint density at radius 1 is 1.45 bits per heavy atom. The Morgan fingerprint density at radius 2 is 2.24 bits per heavy atom. The third kappa shape index (κ3) is 6.08. The van der Waals surface area contributed by atoms with Crippen LogP contribution in [0.4, 0.5) is 4.79 Å². The number of hydrogen-bond donors (Lipinski definition) is 2. The summed E-state index contributed by atoms with van der Waals surface area (Å²) in [5.41, 5.74) is 1.59. The second-order valence-electron chi connectivity index (χ2n) is 8.72. The normalized spacial score (nSPS) is 18.2. The third-order valence-electron chi connectivity index (χ3n) is 4.89. The highest BCUT2D eigenvalue weighted by Crippen LogP contribution is 2.25. The molecule has 0 spiro atoms. The van der Waals surface area contributed by atoms with E-state index < -0.39 is 6.09 Å². The van der Waals surface area contributed by atoms with Crippen molar-refractivity contribution in [1.29, 1.82) is 0 Å². The average Bonchev–Trinajstić information content (AvgIpc) is 3.28. The number of ether oxygens (including phenoxy) is 3. The van der Waals surface area contributed by atoms with Crippen molar-refractivity contribution >= 4 is 17.0 Å². The van der Waals surface area contributed by atoms with Gasteiger partial charge in [0, 0.05) is 29.9 Å². The van der Waals surface area contributed by atoms with Crippen LogP contribution in [0.3, 0.4) is 0 Å². The Morgan fingerprint density at radius 3 is 2.93 bits per heavy atom. The summed E-state index contributed by atoms with van der Waals surface area (Å²) in [6.07, 6.45) is 0.627. The van der Waals surface area contributed by atoms with Crippen LogP contribution in [0.2, 0.25) is 0 Å². The van der Waals surface area contributed by atoms with Crippen molar-refractivity contribution in [2.45, 2.75) is 58.3 Å². The summed E-state index contributed by atoms with van der Waals surface area (Å²) >= 11 is 0. The van der Waals surface area contributed by atoms with Gasteiger partial charge in [0.1, 0.15) is 18.5 Å². The molecular formula is C21H32N4O4. The predicted octanol–water partition coefficient (Wildman–Crippen LogP) is 3.08. The summed E-state index contributed by atoms with van der Waals surface area (Å²) < 4.78 is 16.7. The number of aromatic amines is 1. The minimum absolute atomic E-state index is 0.0440. The van der Waals surface area contributed by atoms with Gasteiger partial charge in [-0.3, -0.25) is 10.00 Å². The molecule has 1 aliphatic rings. The van der Waals surface area contributed by atoms with Crippen LogP contribution in [0.25, 0.3) is 10.9 Å². The van der Waals surface area contributed by atoms with Gasteiger partial charge in [-0.1, -0.05) is 0 Å². The summed E-state index contributed by atoms with van der Waals surface area (Å²) in [6.45, 7) is 10.1. The number of likely N-dealkylation sites (N-methyl/N-ethyl adjacent to an activating group) is 1. The number of rotatable bonds is 7. The number of nitrogens with zero attached hydrogens (tertiary/aromatic N) is 2. The van der Waals surface area contributed by atoms with Crippen molar-refractivity contribution in [3.05, 3.63) is 23.9 Å². The second kappa shape index (κ2) is 9.00. The van der Waals surface area contributed by atoms with Crippen molar-refractivity contribution < 1.29 is 19.0 Å². The van der Waals surface area contributed by atoms with Gasteiger partial charge in [0.15, 0.2) is 0 Å². The van der Waals surface area contributed by atoms with Gasteiger partial charge in [0.2, 0.25) is 0 Å². The second-order valence-corrected chi connectivity index (χ2v) is 8.72. The van der Waals surface area contributed by atoms with Crippen LogP contribution in [-0.4, -0.2) is 65.7 Å². The summed E-state index contributed by atoms with van der Waals surface area (Å²) in [7, 11) is 1.99. The Balaban J connectivity index is 1.58. The van der Waals surface area contributed by atoms with E-state index in [2.05, 4.69) is 20.4 Å². The highest BCUT2D eigenvalue weighted by atomic mass is 16.6. The molecule has 0 saturated carbocycles. The van der Waals surface area contributed by atoms with Crippen LogP contribution >= 0.6 is 0 Å². The molecule has 1 aliphatic heterocycles. The summed E-state index contributed by atoms with van der Waals surface area (Å²) in [4.78, 5) is 14.0. The molecule has 1 amide bonds. The van der Waals surface area contributed by atoms with Crippen LogP contribution < -0.4 is 10.1 Å². The van der Waals surface area contributed by atoms with E-state index in [4.69, 9.17) is 14.2 Å². The molecule has 2 heterocycles. The molecule has 2 unspecified atom stereocenters. The smallest absolute Gasteiger partial charge is 0.407 e. The molecule has 0 radical (unpaired) electrons. The maximum atomic E-state index is 11.9. The summed E-state index contributed by atoms with van der Waals surface area (Å²) in [6, 6.07) is 6.01. The Bertz CT molecular complexity index is 824. The van der Waals surface area contributed by atoms with Crippen molar-refractivity contribution in [1.82, 2.24) is 20.4 Å². The van der Waals surface area contributed by atoms with Gasteiger partial charge >= 0.3 is 6.09 Å². The largest absolute Gasteiger partial charge is 0.488 e. The topological polar surface area (TPSA) is 88.7 Å². The van der Waals surface area contributed by atoms with Crippen LogP contribution in [0.5, 0.6) is 5.75 Å². The van der Waals surface area contributed by atoms with Gasteiger partial charge in [-0.15, -0.1) is 0 Å². The van der Waals surface area contributed by atoms with Crippen LogP contribution in [0, 0.1) is 0 Å². The number of carbonyl (C=O) groups is 1. The fourth-order valence-electron chi connectivity index (χ4n) is 3.10. The first kappa shape index (κ1) is 21.4. The first-order chi connectivity index (χ1) is 13.7. The number of alkyl carbamates (subject to hydrolysis) is 1. The van der Waals surface area contributed by atoms with Crippen molar-refractivity contribution in [3.63, 3.8) is 0 Å². The molecular weight excluding hydrogens is 372 g/mol. The highest BCUT2D eigenvalue weighted by Gasteiger charge is 2.20. The number of carbonyl (C=O) groups excluding carboxylic acids is 1. The number of amides is 1. The van der Waals surface area contributed by atoms with E-state index in [1.807, 2.05) is 52.9 Å². The van der Waals surface area contributed by atoms with Crippen molar-refractivity contribution in [2.75, 3.05) is 26.9 Å². The third-order valence-corrected chi connectivity index (χ3v) is 4.89. The molecule has 8 nitrogen and oxygen atoms in total. The molecule has 0 aliphatic carbocycles. The number of fused-ring (bicyclic) bond motifs is 1. The zero-order chi connectivity index (χ0) is 21.0. The summed E-state index contributed by atoms with van der Waals surface area (Å²) in [5, 5.41) is 11.4. The van der Waals surface area contributed by atoms with Gasteiger partial charge in [0.05, 0.1) is 24.4 Å². The zero-order valence-corrected chi connectivity index (χ0v) is 17.9. The van der Waals surface area contributed by atoms with E-state index in [1.54, 1.807) is 0 Å². The van der Waals surface area contributed by atoms with E-state index in [9.17, 15) is 4.79 Å². The highest BCUT2D eigenvalue weighted by molar-refractivity contribution is 5.82. The fourth-order valence-corrected chi connectivity index (χ4v) is 3.10. The SMILES string of the molecule is CC(COC(=O)NC(C)(C)C)N(C)Cc1n[nH]c2ccc(OC3CCOC3)cc12. The van der Waals surface area contributed by atoms with E-state index in [0.717, 1.165) is 35.4 Å². The van der Waals surface area contributed by atoms with E-state index >= 15 is 0 Å². The van der Waals surface area contributed by atoms with Gasteiger partial charge in [-0.05, 0) is 52.9 Å². The molecule has 8 heteroatoms. The minimum atomic E-state index is -0.402. The van der Waals surface area contributed by atoms with Crippen molar-refractivity contribution in [2.24, 2.45) is 0 Å². The van der Waals surface area contributed by atoms with Gasteiger partial charge in [-0.2, -0.15) is 5.10 Å². The number of hydrogen-bond acceptors (Lipinski definition) is 6. The van der Waals surface area contributed by atoms with Crippen molar-refractivity contribution in [3.8, 4) is 5.75 Å². The maximum absolute atomic E-state index is 11.9. The lowest BCUT2D eigenvalue weighted by atomic mass is 10.1. The number of nitrogens with one attached hydrogen (secondary N) is 2. The molecule has 1 aromatic carbocycles. The number of aromatic nitrogens is 2. The monoisotopic (exact) mass is 404 g/mol. The molecule has 1 aromatic heterocycles. The Hall–Kier alpha value is -2.32. The minimum Gasteiger partial charge on any atom is -0.488 e. The van der Waals surface area contributed by atoms with Crippen LogP contribution in [-0.2, 0) is 16.0 Å². The molecule has 2 N–H and O–H groups in total. The molecule has 1 saturated heterocycles. The molecule has 3 rings (SSSR count). The van der Waals surface area contributed by atoms with Crippen LogP contribution in [0.15, 0.2) is 18.2 Å². The van der Waals surface area contributed by atoms with Gasteiger partial charge in [-0.25, -0.2) is 4.79 Å². The lowest BCUT2D eigenvalue weighted by molar-refractivity contribution is 0.0989. The van der Waals surface area contributed by atoms with Gasteiger partial charge in [0.25, 0.3) is 0 Å². The summed E-state index contributed by atoms with van der Waals surface area (Å²) in [5.74, 6) is 0.827. The Kier molecular flexibility index (Phi) is 6.64. The average molecular weight is 405 g/mol. The molecule has 29 heavy (non-hydrogen) atoms. The quantitative estimate of drug-likeness (QED) is 0.737. The van der Waals surface area contributed by atoms with Gasteiger partial charge < -0.3 is 19.5 Å². The van der Waals surface area contributed by atoms with Crippen LogP contribution in [0.1, 0.15) is 39.8 Å². The fraction of sp³-hybridized carbons (Fsp3) is 0.619. The number of H-pyrrole nitrogens is 1. The lowest BCUT2D eigenvalue weighted by Crippen LogP contribution is -2.42. The molecule has 2 atom stereocenters. The molecule has 1 fully saturated rings. The maximum Gasteiger partial charge on any atom is 0.407 e. The number of benzene rings is 1. The predicted molar refractivity (Wildman–Crippen MR) is 111 cm³/mol.